The monoisotopic (exact) mass is 498 g/mol. The number of hydroxylamine groups is 2. The topological polar surface area (TPSA) is 127 Å². The van der Waals surface area contributed by atoms with Crippen LogP contribution in [0.15, 0.2) is 46.5 Å². The van der Waals surface area contributed by atoms with Crippen LogP contribution in [0.5, 0.6) is 0 Å². The summed E-state index contributed by atoms with van der Waals surface area (Å²) in [6, 6.07) is 5.72. The molecule has 0 N–H and O–H groups in total. The number of carbonyl (C=O) groups is 1. The number of non-ortho nitro benzene ring substituents is 1. The van der Waals surface area contributed by atoms with Crippen LogP contribution >= 0.6 is 8.46 Å². The fourth-order valence-corrected chi connectivity index (χ4v) is 4.67. The van der Waals surface area contributed by atoms with E-state index in [1.54, 1.807) is 26.8 Å². The average Bonchev–Trinajstić information content (AvgIpc) is 2.81. The van der Waals surface area contributed by atoms with Crippen LogP contribution in [0, 0.1) is 10.1 Å². The summed E-state index contributed by atoms with van der Waals surface area (Å²) in [4.78, 5) is 30.2. The van der Waals surface area contributed by atoms with Gasteiger partial charge in [-0.15, -0.1) is 0 Å². The lowest BCUT2D eigenvalue weighted by molar-refractivity contribution is -0.385. The Morgan fingerprint density at radius 2 is 1.79 bits per heavy atom. The lowest BCUT2D eigenvalue weighted by atomic mass is 9.81. The molecule has 12 heteroatoms. The fraction of sp³-hybridized carbons (Fsp3) is 0.500. The number of hydrogen-bond donors (Lipinski definition) is 0. The second-order valence-corrected chi connectivity index (χ2v) is 8.06. The molecule has 0 fully saturated rings. The quantitative estimate of drug-likeness (QED) is 0.132. The Kier molecular flexibility index (Phi) is 10.4. The maximum Gasteiger partial charge on any atom is 0.339 e. The van der Waals surface area contributed by atoms with Gasteiger partial charge in [0.2, 0.25) is 0 Å². The van der Waals surface area contributed by atoms with Crippen molar-refractivity contribution in [2.75, 3.05) is 47.3 Å². The summed E-state index contributed by atoms with van der Waals surface area (Å²) in [6.07, 6.45) is 0. The van der Waals surface area contributed by atoms with Gasteiger partial charge in [0.15, 0.2) is 5.60 Å². The standard InChI is InChI=1S/C22H31N2O9P/c1-6-31-21(25)19-15(2)23(33-13-11-30-5)16(3)20(34-28)22(19,32-12-10-29-4)17-8-7-9-18(14-17)24(26)27/h7-9,14H,6,10-13,34H2,1-5H3. The van der Waals surface area contributed by atoms with Gasteiger partial charge < -0.3 is 23.5 Å². The number of methoxy groups -OCH3 is 2. The molecule has 0 amide bonds. The predicted octanol–water partition coefficient (Wildman–Crippen LogP) is 3.17. The largest absolute Gasteiger partial charge is 0.462 e. The van der Waals surface area contributed by atoms with Gasteiger partial charge >= 0.3 is 5.97 Å². The molecule has 0 saturated carbocycles. The van der Waals surface area contributed by atoms with Crippen LogP contribution in [-0.2, 0) is 38.7 Å². The second-order valence-electron chi connectivity index (χ2n) is 7.25. The van der Waals surface area contributed by atoms with Crippen molar-refractivity contribution in [1.82, 2.24) is 5.06 Å². The Morgan fingerprint density at radius 3 is 2.38 bits per heavy atom. The third-order valence-corrected chi connectivity index (χ3v) is 6.33. The number of rotatable bonds is 13. The molecule has 0 radical (unpaired) electrons. The molecule has 1 heterocycles. The lowest BCUT2D eigenvalue weighted by Crippen LogP contribution is -2.45. The number of nitro benzene ring substituents is 1. The molecular weight excluding hydrogens is 467 g/mol. The molecule has 0 aromatic heterocycles. The molecular formula is C22H31N2O9P. The SMILES string of the molecule is CCOC(=O)C1=C(C)N(OCCOC)C(C)=C([PH2]=O)C1(OCCOC)c1cccc([N+](=O)[O-])c1. The zero-order valence-corrected chi connectivity index (χ0v) is 21.1. The fourth-order valence-electron chi connectivity index (χ4n) is 3.82. The maximum atomic E-state index is 13.3. The van der Waals surface area contributed by atoms with E-state index in [2.05, 4.69) is 0 Å². The molecule has 2 unspecified atom stereocenters. The molecule has 1 aliphatic heterocycles. The van der Waals surface area contributed by atoms with E-state index < -0.39 is 25.0 Å². The number of carbonyl (C=O) groups excluding carboxylic acids is 1. The summed E-state index contributed by atoms with van der Waals surface area (Å²) < 4.78 is 34.5. The van der Waals surface area contributed by atoms with Gasteiger partial charge in [0.25, 0.3) is 5.69 Å². The van der Waals surface area contributed by atoms with Crippen LogP contribution < -0.4 is 0 Å². The Labute approximate surface area is 199 Å². The van der Waals surface area contributed by atoms with E-state index in [9.17, 15) is 19.5 Å². The molecule has 1 aromatic rings. The van der Waals surface area contributed by atoms with Crippen LogP contribution in [0.3, 0.4) is 0 Å². The molecule has 188 valence electrons. The Morgan fingerprint density at radius 1 is 1.12 bits per heavy atom. The molecule has 0 aliphatic carbocycles. The van der Waals surface area contributed by atoms with Crippen LogP contribution in [0.25, 0.3) is 0 Å². The Balaban J connectivity index is 2.88. The third-order valence-electron chi connectivity index (χ3n) is 5.27. The van der Waals surface area contributed by atoms with Crippen molar-refractivity contribution in [3.63, 3.8) is 0 Å². The van der Waals surface area contributed by atoms with Crippen molar-refractivity contribution >= 4 is 20.1 Å². The van der Waals surface area contributed by atoms with Gasteiger partial charge in [-0.3, -0.25) is 15.0 Å². The van der Waals surface area contributed by atoms with Crippen molar-refractivity contribution in [3.05, 3.63) is 62.2 Å². The number of esters is 1. The van der Waals surface area contributed by atoms with E-state index in [0.717, 1.165) is 0 Å². The predicted molar refractivity (Wildman–Crippen MR) is 125 cm³/mol. The summed E-state index contributed by atoms with van der Waals surface area (Å²) in [6.45, 7) is 5.69. The number of ether oxygens (including phenoxy) is 4. The molecule has 2 rings (SSSR count). The molecule has 0 saturated heterocycles. The van der Waals surface area contributed by atoms with E-state index in [1.165, 1.54) is 37.5 Å². The van der Waals surface area contributed by atoms with Gasteiger partial charge in [-0.1, -0.05) is 12.1 Å². The number of hydrogen-bond acceptors (Lipinski definition) is 10. The van der Waals surface area contributed by atoms with Gasteiger partial charge in [-0.05, 0) is 20.8 Å². The zero-order valence-electron chi connectivity index (χ0n) is 20.0. The maximum absolute atomic E-state index is 13.3. The van der Waals surface area contributed by atoms with E-state index in [4.69, 9.17) is 23.8 Å². The molecule has 1 aromatic carbocycles. The first kappa shape index (κ1) is 27.7. The molecule has 0 bridgehead atoms. The summed E-state index contributed by atoms with van der Waals surface area (Å²) >= 11 is 0. The third kappa shape index (κ3) is 5.56. The van der Waals surface area contributed by atoms with Crippen molar-refractivity contribution in [2.45, 2.75) is 26.4 Å². The summed E-state index contributed by atoms with van der Waals surface area (Å²) in [7, 11) is 1.35. The van der Waals surface area contributed by atoms with Crippen molar-refractivity contribution < 1.29 is 38.1 Å². The molecule has 34 heavy (non-hydrogen) atoms. The number of nitro groups is 1. The van der Waals surface area contributed by atoms with Gasteiger partial charge in [-0.25, -0.2) is 9.86 Å². The van der Waals surface area contributed by atoms with Crippen LogP contribution in [0.2, 0.25) is 0 Å². The van der Waals surface area contributed by atoms with Crippen LogP contribution in [0.4, 0.5) is 5.69 Å². The highest BCUT2D eigenvalue weighted by molar-refractivity contribution is 7.29. The average molecular weight is 498 g/mol. The van der Waals surface area contributed by atoms with E-state index in [1.807, 2.05) is 0 Å². The molecule has 2 atom stereocenters. The number of nitrogens with zero attached hydrogens (tertiary/aromatic N) is 2. The van der Waals surface area contributed by atoms with Crippen LogP contribution in [0.1, 0.15) is 26.3 Å². The Bertz CT molecular complexity index is 979. The first-order chi connectivity index (χ1) is 16.3. The van der Waals surface area contributed by atoms with Gasteiger partial charge in [0.05, 0.1) is 63.4 Å². The minimum Gasteiger partial charge on any atom is -0.462 e. The normalized spacial score (nSPS) is 18.8. The highest BCUT2D eigenvalue weighted by Crippen LogP contribution is 2.52. The zero-order chi connectivity index (χ0) is 25.3. The number of benzene rings is 1. The van der Waals surface area contributed by atoms with Crippen molar-refractivity contribution in [1.29, 1.82) is 0 Å². The summed E-state index contributed by atoms with van der Waals surface area (Å²) in [5, 5.41) is 13.2. The van der Waals surface area contributed by atoms with E-state index >= 15 is 0 Å². The van der Waals surface area contributed by atoms with Gasteiger partial charge in [0, 0.05) is 37.2 Å². The highest BCUT2D eigenvalue weighted by atomic mass is 31.1. The van der Waals surface area contributed by atoms with E-state index in [-0.39, 0.29) is 55.2 Å². The first-order valence-electron chi connectivity index (χ1n) is 10.6. The summed E-state index contributed by atoms with van der Waals surface area (Å²) in [5.74, 6) is -0.720. The highest BCUT2D eigenvalue weighted by Gasteiger charge is 2.51. The molecule has 0 spiro atoms. The first-order valence-corrected chi connectivity index (χ1v) is 11.7. The smallest absolute Gasteiger partial charge is 0.339 e. The lowest BCUT2D eigenvalue weighted by Gasteiger charge is -2.44. The van der Waals surface area contributed by atoms with E-state index in [0.29, 0.717) is 11.4 Å². The Hall–Kier alpha value is -2.56. The van der Waals surface area contributed by atoms with Crippen molar-refractivity contribution in [2.24, 2.45) is 0 Å². The van der Waals surface area contributed by atoms with Crippen molar-refractivity contribution in [3.8, 4) is 0 Å². The summed E-state index contributed by atoms with van der Waals surface area (Å²) in [5.41, 5.74) is -0.835. The second kappa shape index (κ2) is 12.8. The molecule has 11 nitrogen and oxygen atoms in total. The van der Waals surface area contributed by atoms with Gasteiger partial charge in [0.1, 0.15) is 0 Å². The minimum atomic E-state index is -1.71. The van der Waals surface area contributed by atoms with Gasteiger partial charge in [-0.2, -0.15) is 0 Å². The minimum absolute atomic E-state index is 0.0100. The molecule has 1 aliphatic rings. The van der Waals surface area contributed by atoms with Crippen LogP contribution in [-0.4, -0.2) is 63.2 Å². The number of allylic oxidation sites excluding steroid dienone is 2.